The fraction of sp³-hybridized carbons (Fsp3) is 0.524. The molecule has 1 aromatic rings. The van der Waals surface area contributed by atoms with Gasteiger partial charge in [0.2, 0.25) is 0 Å². The highest BCUT2D eigenvalue weighted by Gasteiger charge is 2.17. The maximum Gasteiger partial charge on any atom is 0.350 e. The molecule has 0 saturated heterocycles. The zero-order valence-electron chi connectivity index (χ0n) is 16.8. The van der Waals surface area contributed by atoms with Gasteiger partial charge >= 0.3 is 5.97 Å². The molecule has 0 heterocycles. The third kappa shape index (κ3) is 7.22. The number of nitriles is 1. The Labute approximate surface area is 162 Å². The number of ether oxygens (including phenoxy) is 3. The first-order valence-corrected chi connectivity index (χ1v) is 9.35. The van der Waals surface area contributed by atoms with Gasteiger partial charge < -0.3 is 19.5 Å². The smallest absolute Gasteiger partial charge is 0.350 e. The summed E-state index contributed by atoms with van der Waals surface area (Å²) < 4.78 is 15.9. The molecule has 1 N–H and O–H groups in total. The number of esters is 1. The summed E-state index contributed by atoms with van der Waals surface area (Å²) in [5, 5.41) is 12.4. The number of anilines is 1. The molecule has 6 nitrogen and oxygen atoms in total. The minimum absolute atomic E-state index is 0.0612. The van der Waals surface area contributed by atoms with Crippen LogP contribution in [0.2, 0.25) is 0 Å². The van der Waals surface area contributed by atoms with Gasteiger partial charge in [0.25, 0.3) is 0 Å². The Morgan fingerprint density at radius 3 is 2.22 bits per heavy atom. The van der Waals surface area contributed by atoms with Crippen LogP contribution in [0.1, 0.15) is 52.4 Å². The van der Waals surface area contributed by atoms with E-state index in [0.717, 1.165) is 19.3 Å². The number of nitrogens with zero attached hydrogens (tertiary/aromatic N) is 1. The van der Waals surface area contributed by atoms with E-state index in [9.17, 15) is 10.1 Å². The van der Waals surface area contributed by atoms with E-state index in [-0.39, 0.29) is 5.57 Å². The lowest BCUT2D eigenvalue weighted by molar-refractivity contribution is -0.138. The summed E-state index contributed by atoms with van der Waals surface area (Å²) in [5.74, 6) is 0.475. The second-order valence-electron chi connectivity index (χ2n) is 6.18. The van der Waals surface area contributed by atoms with Crippen molar-refractivity contribution in [2.75, 3.05) is 26.1 Å². The number of carbonyl (C=O) groups is 1. The number of unbranched alkanes of at least 4 members (excludes halogenated alkanes) is 5. The quantitative estimate of drug-likeness (QED) is 0.245. The van der Waals surface area contributed by atoms with Crippen LogP contribution in [-0.2, 0) is 9.53 Å². The summed E-state index contributed by atoms with van der Waals surface area (Å²) in [4.78, 5) is 12.2. The molecule has 0 spiro atoms. The summed E-state index contributed by atoms with van der Waals surface area (Å²) in [5.41, 5.74) is 0.874. The molecule has 0 bridgehead atoms. The lowest BCUT2D eigenvalue weighted by Crippen LogP contribution is -2.13. The fourth-order valence-electron chi connectivity index (χ4n) is 2.63. The highest BCUT2D eigenvalue weighted by molar-refractivity contribution is 5.94. The molecular weight excluding hydrogens is 344 g/mol. The highest BCUT2D eigenvalue weighted by atomic mass is 16.5. The van der Waals surface area contributed by atoms with Crippen molar-refractivity contribution in [3.05, 3.63) is 29.5 Å². The second kappa shape index (κ2) is 12.6. The van der Waals surface area contributed by atoms with Gasteiger partial charge in [-0.3, -0.25) is 0 Å². The molecular formula is C21H30N2O4. The summed E-state index contributed by atoms with van der Waals surface area (Å²) in [7, 11) is 3.08. The molecule has 6 heteroatoms. The topological polar surface area (TPSA) is 80.6 Å². The van der Waals surface area contributed by atoms with Crippen molar-refractivity contribution in [2.45, 2.75) is 52.4 Å². The zero-order valence-corrected chi connectivity index (χ0v) is 16.8. The normalized spacial score (nSPS) is 11.2. The molecule has 0 aliphatic carbocycles. The minimum Gasteiger partial charge on any atom is -0.494 e. The Bertz CT molecular complexity index is 655. The number of hydrogen-bond acceptors (Lipinski definition) is 6. The van der Waals surface area contributed by atoms with E-state index in [1.54, 1.807) is 39.3 Å². The predicted octanol–water partition coefficient (Wildman–Crippen LogP) is 4.82. The molecule has 0 unspecified atom stereocenters. The molecule has 0 amide bonds. The van der Waals surface area contributed by atoms with Gasteiger partial charge in [-0.25, -0.2) is 4.79 Å². The number of benzene rings is 1. The fourth-order valence-corrected chi connectivity index (χ4v) is 2.63. The molecule has 0 aliphatic rings. The van der Waals surface area contributed by atoms with Crippen molar-refractivity contribution in [1.82, 2.24) is 0 Å². The SMILES string of the molecule is CCCCCCCCOC(=O)C(C#N)=C(C)Nc1c(OC)cccc1OC. The average molecular weight is 374 g/mol. The molecule has 0 fully saturated rings. The number of nitrogens with one attached hydrogen (secondary N) is 1. The van der Waals surface area contributed by atoms with Crippen LogP contribution >= 0.6 is 0 Å². The van der Waals surface area contributed by atoms with E-state index in [1.165, 1.54) is 19.3 Å². The first-order chi connectivity index (χ1) is 13.1. The van der Waals surface area contributed by atoms with E-state index in [0.29, 0.717) is 29.5 Å². The maximum atomic E-state index is 12.2. The highest BCUT2D eigenvalue weighted by Crippen LogP contribution is 2.35. The van der Waals surface area contributed by atoms with Crippen LogP contribution in [0.15, 0.2) is 29.5 Å². The van der Waals surface area contributed by atoms with Crippen molar-refractivity contribution in [1.29, 1.82) is 5.26 Å². The summed E-state index contributed by atoms with van der Waals surface area (Å²) in [6.07, 6.45) is 6.61. The summed E-state index contributed by atoms with van der Waals surface area (Å²) in [6.45, 7) is 4.15. The summed E-state index contributed by atoms with van der Waals surface area (Å²) in [6, 6.07) is 7.25. The van der Waals surface area contributed by atoms with Crippen LogP contribution in [0.25, 0.3) is 0 Å². The molecule has 27 heavy (non-hydrogen) atoms. The third-order valence-electron chi connectivity index (χ3n) is 4.16. The van der Waals surface area contributed by atoms with Gasteiger partial charge in [0.15, 0.2) is 5.57 Å². The largest absolute Gasteiger partial charge is 0.494 e. The van der Waals surface area contributed by atoms with Crippen molar-refractivity contribution < 1.29 is 19.0 Å². The molecule has 148 valence electrons. The summed E-state index contributed by atoms with van der Waals surface area (Å²) >= 11 is 0. The predicted molar refractivity (Wildman–Crippen MR) is 106 cm³/mol. The Morgan fingerprint density at radius 2 is 1.67 bits per heavy atom. The van der Waals surface area contributed by atoms with E-state index >= 15 is 0 Å². The molecule has 0 aromatic heterocycles. The van der Waals surface area contributed by atoms with Crippen molar-refractivity contribution in [3.63, 3.8) is 0 Å². The van der Waals surface area contributed by atoms with E-state index in [1.807, 2.05) is 6.07 Å². The average Bonchev–Trinajstić information content (AvgIpc) is 2.68. The van der Waals surface area contributed by atoms with Crippen molar-refractivity contribution >= 4 is 11.7 Å². The van der Waals surface area contributed by atoms with Crippen molar-refractivity contribution in [2.24, 2.45) is 0 Å². The molecule has 0 aliphatic heterocycles. The molecule has 0 radical (unpaired) electrons. The Kier molecular flexibility index (Phi) is 10.5. The molecule has 0 saturated carbocycles. The van der Waals surface area contributed by atoms with Gasteiger partial charge in [0, 0.05) is 5.70 Å². The van der Waals surface area contributed by atoms with Gasteiger partial charge in [-0.05, 0) is 25.5 Å². The number of carbonyl (C=O) groups excluding carboxylic acids is 1. The van der Waals surface area contributed by atoms with Crippen LogP contribution in [0, 0.1) is 11.3 Å². The van der Waals surface area contributed by atoms with Crippen LogP contribution in [0.3, 0.4) is 0 Å². The van der Waals surface area contributed by atoms with Crippen LogP contribution < -0.4 is 14.8 Å². The van der Waals surface area contributed by atoms with E-state index in [4.69, 9.17) is 14.2 Å². The van der Waals surface area contributed by atoms with Gasteiger partial charge in [-0.2, -0.15) is 5.26 Å². The number of para-hydroxylation sites is 1. The van der Waals surface area contributed by atoms with E-state index in [2.05, 4.69) is 12.2 Å². The second-order valence-corrected chi connectivity index (χ2v) is 6.18. The first-order valence-electron chi connectivity index (χ1n) is 9.35. The number of hydrogen-bond donors (Lipinski definition) is 1. The number of allylic oxidation sites excluding steroid dienone is 1. The Balaban J connectivity index is 2.72. The standard InChI is InChI=1S/C21H30N2O4/c1-5-6-7-8-9-10-14-27-21(24)17(15-22)16(2)23-20-18(25-3)12-11-13-19(20)26-4/h11-13,23H,5-10,14H2,1-4H3. The van der Waals surface area contributed by atoms with Gasteiger partial charge in [0.1, 0.15) is 23.3 Å². The van der Waals surface area contributed by atoms with Gasteiger partial charge in [-0.1, -0.05) is 45.1 Å². The molecule has 1 aromatic carbocycles. The number of methoxy groups -OCH3 is 2. The lowest BCUT2D eigenvalue weighted by Gasteiger charge is -2.16. The van der Waals surface area contributed by atoms with Gasteiger partial charge in [-0.15, -0.1) is 0 Å². The van der Waals surface area contributed by atoms with Gasteiger partial charge in [0.05, 0.1) is 20.8 Å². The van der Waals surface area contributed by atoms with Crippen LogP contribution in [-0.4, -0.2) is 26.8 Å². The van der Waals surface area contributed by atoms with Crippen LogP contribution in [0.5, 0.6) is 11.5 Å². The lowest BCUT2D eigenvalue weighted by atomic mass is 10.1. The van der Waals surface area contributed by atoms with Crippen molar-refractivity contribution in [3.8, 4) is 17.6 Å². The maximum absolute atomic E-state index is 12.2. The number of rotatable bonds is 12. The molecule has 1 rings (SSSR count). The monoisotopic (exact) mass is 374 g/mol. The van der Waals surface area contributed by atoms with E-state index < -0.39 is 5.97 Å². The molecule has 0 atom stereocenters. The van der Waals surface area contributed by atoms with Crippen LogP contribution in [0.4, 0.5) is 5.69 Å². The third-order valence-corrected chi connectivity index (χ3v) is 4.16. The Hall–Kier alpha value is -2.68. The Morgan fingerprint density at radius 1 is 1.07 bits per heavy atom. The minimum atomic E-state index is -0.620. The first kappa shape index (κ1) is 22.4. The zero-order chi connectivity index (χ0) is 20.1.